The fourth-order valence-corrected chi connectivity index (χ4v) is 5.34. The Morgan fingerprint density at radius 1 is 1.18 bits per heavy atom. The van der Waals surface area contributed by atoms with Crippen molar-refractivity contribution in [3.8, 4) is 5.75 Å². The molecule has 1 saturated heterocycles. The van der Waals surface area contributed by atoms with E-state index in [0.29, 0.717) is 18.9 Å². The van der Waals surface area contributed by atoms with Crippen molar-refractivity contribution >= 4 is 11.7 Å². The predicted octanol–water partition coefficient (Wildman–Crippen LogP) is 2.60. The van der Waals surface area contributed by atoms with Crippen LogP contribution in [0.1, 0.15) is 50.5 Å². The average molecular weight is 461 g/mol. The number of hydrogen-bond acceptors (Lipinski definition) is 7. The van der Waals surface area contributed by atoms with Gasteiger partial charge in [0.25, 0.3) is 0 Å². The van der Waals surface area contributed by atoms with E-state index in [1.54, 1.807) is 14.2 Å². The molecule has 3 heterocycles. The normalized spacial score (nSPS) is 23.4. The van der Waals surface area contributed by atoms with Gasteiger partial charge in [-0.2, -0.15) is 0 Å². The summed E-state index contributed by atoms with van der Waals surface area (Å²) in [5.41, 5.74) is 1.29. The van der Waals surface area contributed by atoms with E-state index in [1.165, 1.54) is 31.4 Å². The second-order valence-corrected chi connectivity index (χ2v) is 9.56. The first-order valence-electron chi connectivity index (χ1n) is 12.6. The zero-order chi connectivity index (χ0) is 23.0. The Hall–Kier alpha value is -1.90. The number of carbonyl (C=O) groups excluding carboxylic acids is 1. The maximum absolute atomic E-state index is 12.2. The molecule has 3 aliphatic rings. The molecule has 184 valence electrons. The summed E-state index contributed by atoms with van der Waals surface area (Å²) in [5.74, 6) is 2.92. The minimum Gasteiger partial charge on any atom is -0.489 e. The lowest BCUT2D eigenvalue weighted by atomic mass is 9.84. The van der Waals surface area contributed by atoms with Gasteiger partial charge in [-0.1, -0.05) is 0 Å². The van der Waals surface area contributed by atoms with Crippen molar-refractivity contribution in [1.29, 1.82) is 0 Å². The molecule has 0 unspecified atom stereocenters. The van der Waals surface area contributed by atoms with Gasteiger partial charge >= 0.3 is 0 Å². The number of nitrogens with zero attached hydrogens (tertiary/aromatic N) is 3. The van der Waals surface area contributed by atoms with E-state index in [1.807, 2.05) is 6.20 Å². The largest absolute Gasteiger partial charge is 0.489 e. The highest BCUT2D eigenvalue weighted by atomic mass is 16.7. The molecule has 1 saturated carbocycles. The Morgan fingerprint density at radius 2 is 1.94 bits per heavy atom. The minimum atomic E-state index is -0.300. The molecule has 0 aromatic carbocycles. The summed E-state index contributed by atoms with van der Waals surface area (Å²) < 4.78 is 16.2. The minimum absolute atomic E-state index is 0.111. The van der Waals surface area contributed by atoms with E-state index >= 15 is 0 Å². The van der Waals surface area contributed by atoms with Crippen LogP contribution in [0.2, 0.25) is 0 Å². The van der Waals surface area contributed by atoms with Crippen LogP contribution in [0.15, 0.2) is 12.3 Å². The molecule has 2 fully saturated rings. The van der Waals surface area contributed by atoms with Crippen LogP contribution < -0.4 is 15.0 Å². The van der Waals surface area contributed by atoms with Gasteiger partial charge in [0.2, 0.25) is 5.91 Å². The molecule has 0 bridgehead atoms. The highest BCUT2D eigenvalue weighted by Gasteiger charge is 2.26. The van der Waals surface area contributed by atoms with E-state index in [4.69, 9.17) is 14.2 Å². The van der Waals surface area contributed by atoms with Crippen molar-refractivity contribution in [2.75, 3.05) is 58.5 Å². The molecular weight excluding hydrogens is 420 g/mol. The molecule has 33 heavy (non-hydrogen) atoms. The molecule has 1 aromatic rings. The molecule has 1 amide bonds. The second-order valence-electron chi connectivity index (χ2n) is 9.56. The quantitative estimate of drug-likeness (QED) is 0.538. The molecule has 0 radical (unpaired) electrons. The van der Waals surface area contributed by atoms with Gasteiger partial charge in [0.15, 0.2) is 17.9 Å². The van der Waals surface area contributed by atoms with Crippen LogP contribution in [0.25, 0.3) is 0 Å². The molecule has 8 nitrogen and oxygen atoms in total. The number of piperazine rings is 1. The summed E-state index contributed by atoms with van der Waals surface area (Å²) in [5, 5.41) is 3.20. The number of nitrogens with one attached hydrogen (secondary N) is 1. The van der Waals surface area contributed by atoms with Gasteiger partial charge < -0.3 is 24.4 Å². The number of aromatic nitrogens is 1. The third-order valence-electron chi connectivity index (χ3n) is 7.46. The Kier molecular flexibility index (Phi) is 8.81. The molecule has 1 aliphatic carbocycles. The Morgan fingerprint density at radius 3 is 2.67 bits per heavy atom. The van der Waals surface area contributed by atoms with Crippen molar-refractivity contribution in [3.05, 3.63) is 17.8 Å². The summed E-state index contributed by atoms with van der Waals surface area (Å²) in [6.07, 6.45) is 9.52. The molecular formula is C25H40N4O4. The van der Waals surface area contributed by atoms with E-state index in [2.05, 4.69) is 26.2 Å². The molecule has 0 atom stereocenters. The van der Waals surface area contributed by atoms with Crippen LogP contribution in [0, 0.1) is 5.92 Å². The first-order valence-corrected chi connectivity index (χ1v) is 12.6. The van der Waals surface area contributed by atoms with Gasteiger partial charge in [-0.15, -0.1) is 0 Å². The second kappa shape index (κ2) is 12.0. The number of pyridine rings is 1. The first-order chi connectivity index (χ1) is 16.2. The highest BCUT2D eigenvalue weighted by Crippen LogP contribution is 2.34. The van der Waals surface area contributed by atoms with Gasteiger partial charge in [-0.25, -0.2) is 4.98 Å². The number of carbonyl (C=O) groups is 1. The van der Waals surface area contributed by atoms with Crippen molar-refractivity contribution in [1.82, 2.24) is 15.2 Å². The fraction of sp³-hybridized carbons (Fsp3) is 0.760. The highest BCUT2D eigenvalue weighted by molar-refractivity contribution is 5.76. The average Bonchev–Trinajstić information content (AvgIpc) is 3.34. The lowest BCUT2D eigenvalue weighted by Crippen LogP contribution is -2.47. The number of fused-ring (bicyclic) bond motifs is 1. The fourth-order valence-electron chi connectivity index (χ4n) is 5.34. The zero-order valence-electron chi connectivity index (χ0n) is 20.3. The number of amides is 1. The van der Waals surface area contributed by atoms with Gasteiger partial charge in [0, 0.05) is 77.5 Å². The number of rotatable bonds is 10. The smallest absolute Gasteiger partial charge is 0.220 e. The van der Waals surface area contributed by atoms with Crippen molar-refractivity contribution in [3.63, 3.8) is 0 Å². The monoisotopic (exact) mass is 460 g/mol. The number of anilines is 1. The number of methoxy groups -OCH3 is 2. The molecule has 1 N–H and O–H groups in total. The van der Waals surface area contributed by atoms with E-state index < -0.39 is 0 Å². The van der Waals surface area contributed by atoms with E-state index in [9.17, 15) is 4.79 Å². The third-order valence-corrected chi connectivity index (χ3v) is 7.46. The maximum Gasteiger partial charge on any atom is 0.220 e. The summed E-state index contributed by atoms with van der Waals surface area (Å²) in [4.78, 5) is 21.8. The van der Waals surface area contributed by atoms with E-state index in [-0.39, 0.29) is 12.2 Å². The Labute approximate surface area is 198 Å². The molecule has 0 spiro atoms. The molecule has 4 rings (SSSR count). The van der Waals surface area contributed by atoms with Crippen molar-refractivity contribution in [2.24, 2.45) is 5.92 Å². The molecule has 1 aromatic heterocycles. The number of hydrogen-bond donors (Lipinski definition) is 1. The Bertz CT molecular complexity index is 757. The topological polar surface area (TPSA) is 76.2 Å². The van der Waals surface area contributed by atoms with Gasteiger partial charge in [-0.3, -0.25) is 9.69 Å². The molecule has 8 heteroatoms. The number of ether oxygens (including phenoxy) is 3. The van der Waals surface area contributed by atoms with Gasteiger partial charge in [-0.05, 0) is 50.6 Å². The van der Waals surface area contributed by atoms with Crippen LogP contribution in [-0.2, 0) is 20.7 Å². The zero-order valence-corrected chi connectivity index (χ0v) is 20.3. The van der Waals surface area contributed by atoms with Gasteiger partial charge in [0.1, 0.15) is 0 Å². The van der Waals surface area contributed by atoms with Gasteiger partial charge in [0.05, 0.1) is 6.61 Å². The first kappa shape index (κ1) is 24.2. The van der Waals surface area contributed by atoms with Crippen molar-refractivity contribution < 1.29 is 19.0 Å². The van der Waals surface area contributed by atoms with E-state index in [0.717, 1.165) is 69.5 Å². The van der Waals surface area contributed by atoms with Crippen LogP contribution in [0.5, 0.6) is 5.75 Å². The van der Waals surface area contributed by atoms with Crippen molar-refractivity contribution in [2.45, 2.75) is 63.7 Å². The Balaban J connectivity index is 1.11. The summed E-state index contributed by atoms with van der Waals surface area (Å²) in [6.45, 7) is 6.14. The summed E-state index contributed by atoms with van der Waals surface area (Å²) >= 11 is 0. The predicted molar refractivity (Wildman–Crippen MR) is 128 cm³/mol. The summed E-state index contributed by atoms with van der Waals surface area (Å²) in [7, 11) is 3.21. The van der Waals surface area contributed by atoms with Crippen LogP contribution in [-0.4, -0.2) is 81.7 Å². The standard InChI is InChI=1S/C25H40N4O4/c1-31-23(32-2)8-7-22(30)27-21-5-3-19(4-6-21)10-13-28-14-16-29(17-15-28)25-24-20(9-12-26-25)11-18-33-24/h9,12,19,21,23H,3-8,10-11,13-18H2,1-2H3,(H,27,30). The third kappa shape index (κ3) is 6.58. The molecule has 2 aliphatic heterocycles. The maximum atomic E-state index is 12.2. The lowest BCUT2D eigenvalue weighted by Gasteiger charge is -2.37. The van der Waals surface area contributed by atoms with Crippen LogP contribution in [0.4, 0.5) is 5.82 Å². The lowest BCUT2D eigenvalue weighted by molar-refractivity contribution is -0.129. The van der Waals surface area contributed by atoms with Crippen LogP contribution in [0.3, 0.4) is 0 Å². The van der Waals surface area contributed by atoms with Crippen LogP contribution >= 0.6 is 0 Å². The summed E-state index contributed by atoms with van der Waals surface area (Å²) in [6, 6.07) is 2.41. The SMILES string of the molecule is COC(CCC(=O)NC1CCC(CCN2CCN(c3nccc4c3OCC4)CC2)CC1)OC.